The van der Waals surface area contributed by atoms with Gasteiger partial charge < -0.3 is 4.74 Å². The van der Waals surface area contributed by atoms with Crippen LogP contribution in [0.25, 0.3) is 0 Å². The highest BCUT2D eigenvalue weighted by molar-refractivity contribution is 5.69. The monoisotopic (exact) mass is 101 g/mol. The summed E-state index contributed by atoms with van der Waals surface area (Å²) in [6, 6.07) is 0. The number of aliphatic imine (C=N–C) groups is 1. The minimum Gasteiger partial charge on any atom is -0.408 e. The van der Waals surface area contributed by atoms with E-state index in [1.54, 1.807) is 6.92 Å². The Morgan fingerprint density at radius 3 is 2.71 bits per heavy atom. The van der Waals surface area contributed by atoms with Gasteiger partial charge in [0.25, 0.3) is 0 Å². The minimum absolute atomic E-state index is 0.359. The first kappa shape index (κ1) is 6.14. The number of amides is 1. The third-order valence-corrected chi connectivity index (χ3v) is 0.397. The summed E-state index contributed by atoms with van der Waals surface area (Å²) in [5.41, 5.74) is 0. The van der Waals surface area contributed by atoms with Crippen LogP contribution in [0.1, 0.15) is 6.92 Å². The lowest BCUT2D eigenvalue weighted by atomic mass is 10.9. The zero-order chi connectivity index (χ0) is 5.70. The number of ether oxygens (including phenoxy) is 1. The molecule has 0 unspecified atom stereocenters. The van der Waals surface area contributed by atoms with Crippen LogP contribution in [-0.4, -0.2) is 19.4 Å². The van der Waals surface area contributed by atoms with Gasteiger partial charge in [0, 0.05) is 0 Å². The second-order valence-corrected chi connectivity index (χ2v) is 0.857. The van der Waals surface area contributed by atoms with Gasteiger partial charge in [0.15, 0.2) is 0 Å². The van der Waals surface area contributed by atoms with Gasteiger partial charge in [0.2, 0.25) is 6.72 Å². The van der Waals surface area contributed by atoms with Crippen molar-refractivity contribution in [3.8, 4) is 0 Å². The van der Waals surface area contributed by atoms with Gasteiger partial charge in [-0.1, -0.05) is 0 Å². The Hall–Kier alpha value is -0.860. The van der Waals surface area contributed by atoms with Crippen LogP contribution in [0.15, 0.2) is 0 Å². The van der Waals surface area contributed by atoms with E-state index in [1.807, 2.05) is 0 Å². The van der Waals surface area contributed by atoms with Crippen LogP contribution >= 0.6 is 0 Å². The number of nitrogens with zero attached hydrogens (tertiary/aromatic N) is 1. The highest BCUT2D eigenvalue weighted by Crippen LogP contribution is 1.70. The average Bonchev–Trinajstić information content (AvgIpc) is 1.68. The van der Waals surface area contributed by atoms with E-state index < -0.39 is 6.09 Å². The van der Waals surface area contributed by atoms with Crippen molar-refractivity contribution in [3.63, 3.8) is 0 Å². The van der Waals surface area contributed by atoms with E-state index in [0.717, 1.165) is 0 Å². The molecule has 0 aliphatic heterocycles. The molecule has 0 saturated carbocycles. The van der Waals surface area contributed by atoms with E-state index in [-0.39, 0.29) is 0 Å². The van der Waals surface area contributed by atoms with Crippen LogP contribution in [0.2, 0.25) is 0 Å². The van der Waals surface area contributed by atoms with Gasteiger partial charge in [0.1, 0.15) is 4.99 Å². The van der Waals surface area contributed by atoms with Crippen LogP contribution in [0, 0.1) is 0 Å². The fourth-order valence-corrected chi connectivity index (χ4v) is 0.169. The Labute approximate surface area is 42.0 Å². The molecule has 39 valence electrons. The summed E-state index contributed by atoms with van der Waals surface area (Å²) in [5, 5.41) is 0. The van der Waals surface area contributed by atoms with Gasteiger partial charge in [0.05, 0.1) is 6.61 Å². The predicted octanol–water partition coefficient (Wildman–Crippen LogP) is 0.179. The molecular formula is C4H7NO2+. The van der Waals surface area contributed by atoms with Gasteiger partial charge in [-0.15, -0.1) is 0 Å². The number of rotatable bonds is 1. The molecule has 3 nitrogen and oxygen atoms in total. The first-order chi connectivity index (χ1) is 3.31. The molecule has 0 spiro atoms. The largest absolute Gasteiger partial charge is 0.662 e. The molecule has 1 radical (unpaired) electrons. The zero-order valence-corrected chi connectivity index (χ0v) is 4.18. The minimum atomic E-state index is -0.609. The first-order valence-electron chi connectivity index (χ1n) is 1.94. The van der Waals surface area contributed by atoms with E-state index in [9.17, 15) is 4.79 Å². The molecule has 0 aromatic carbocycles. The maximum Gasteiger partial charge on any atom is 0.662 e. The fraction of sp³-hybridized carbons (Fsp3) is 0.500. The normalized spacial score (nSPS) is 7.57. The second-order valence-electron chi connectivity index (χ2n) is 0.857. The standard InChI is InChI=1S/C4H7NO2/c1-3-7-4(6)5-2/h2-3H2,1H3/q+1. The summed E-state index contributed by atoms with van der Waals surface area (Å²) in [4.78, 5) is 12.9. The fourth-order valence-electron chi connectivity index (χ4n) is 0.169. The molecule has 1 amide bonds. The van der Waals surface area contributed by atoms with E-state index >= 15 is 0 Å². The third-order valence-electron chi connectivity index (χ3n) is 0.397. The predicted molar refractivity (Wildman–Crippen MR) is 26.3 cm³/mol. The molecule has 3 heteroatoms. The lowest BCUT2D eigenvalue weighted by molar-refractivity contribution is 0.159. The molecule has 0 heterocycles. The molecule has 0 rings (SSSR count). The maximum absolute atomic E-state index is 9.96. The Balaban J connectivity index is 3.17. The van der Waals surface area contributed by atoms with Crippen molar-refractivity contribution < 1.29 is 9.53 Å². The summed E-state index contributed by atoms with van der Waals surface area (Å²) >= 11 is 0. The summed E-state index contributed by atoms with van der Waals surface area (Å²) in [5.74, 6) is 0. The van der Waals surface area contributed by atoms with Gasteiger partial charge in [-0.25, -0.2) is 0 Å². The Morgan fingerprint density at radius 1 is 2.00 bits per heavy atom. The second kappa shape index (κ2) is 3.33. The topological polar surface area (TPSA) is 40.4 Å². The van der Waals surface area contributed by atoms with Crippen molar-refractivity contribution in [2.45, 2.75) is 6.92 Å². The van der Waals surface area contributed by atoms with Gasteiger partial charge >= 0.3 is 6.09 Å². The summed E-state index contributed by atoms with van der Waals surface area (Å²) in [6.07, 6.45) is -0.609. The highest BCUT2D eigenvalue weighted by Gasteiger charge is 2.06. The molecule has 7 heavy (non-hydrogen) atoms. The van der Waals surface area contributed by atoms with Gasteiger partial charge in [-0.05, 0) is 6.92 Å². The van der Waals surface area contributed by atoms with Gasteiger partial charge in [-0.3, -0.25) is 0 Å². The van der Waals surface area contributed by atoms with Crippen molar-refractivity contribution in [2.24, 2.45) is 0 Å². The Morgan fingerprint density at radius 2 is 2.57 bits per heavy atom. The molecule has 0 saturated heterocycles. The molecule has 0 atom stereocenters. The lowest BCUT2D eigenvalue weighted by Gasteiger charge is -1.80. The summed E-state index contributed by atoms with van der Waals surface area (Å²) < 4.78 is 4.32. The van der Waals surface area contributed by atoms with Crippen LogP contribution in [0.4, 0.5) is 4.79 Å². The Kier molecular flexibility index (Phi) is 2.92. The van der Waals surface area contributed by atoms with Gasteiger partial charge in [-0.2, -0.15) is 4.79 Å². The molecule has 0 aromatic heterocycles. The average molecular weight is 101 g/mol. The van der Waals surface area contributed by atoms with Crippen molar-refractivity contribution in [3.05, 3.63) is 0 Å². The van der Waals surface area contributed by atoms with E-state index in [4.69, 9.17) is 0 Å². The SMILES string of the molecule is C=[N+]C(=O)OCC. The van der Waals surface area contributed by atoms with Crippen molar-refractivity contribution >= 4 is 12.8 Å². The molecule has 0 aliphatic rings. The lowest BCUT2D eigenvalue weighted by Crippen LogP contribution is -2.05. The van der Waals surface area contributed by atoms with Crippen LogP contribution < -0.4 is 4.99 Å². The highest BCUT2D eigenvalue weighted by atomic mass is 16.5. The molecule has 0 N–H and O–H groups in total. The number of hydrogen-bond acceptors (Lipinski definition) is 2. The maximum atomic E-state index is 9.96. The Bertz CT molecular complexity index is 79.8. The van der Waals surface area contributed by atoms with E-state index in [1.165, 1.54) is 0 Å². The third kappa shape index (κ3) is 2.96. The molecule has 0 fully saturated rings. The molecule has 0 aliphatic carbocycles. The van der Waals surface area contributed by atoms with Crippen LogP contribution in [0.3, 0.4) is 0 Å². The number of hydrogen-bond donors (Lipinski definition) is 0. The first-order valence-corrected chi connectivity index (χ1v) is 1.94. The van der Waals surface area contributed by atoms with Crippen molar-refractivity contribution in [2.75, 3.05) is 6.61 Å². The molecular weight excluding hydrogens is 94.0 g/mol. The molecule has 0 aromatic rings. The summed E-state index contributed by atoms with van der Waals surface area (Å²) in [7, 11) is 0. The van der Waals surface area contributed by atoms with E-state index in [0.29, 0.717) is 6.61 Å². The number of carbonyl (C=O) groups is 1. The number of carbonyl (C=O) groups excluding carboxylic acids is 1. The van der Waals surface area contributed by atoms with Crippen LogP contribution in [0.5, 0.6) is 0 Å². The smallest absolute Gasteiger partial charge is 0.408 e. The van der Waals surface area contributed by atoms with Crippen LogP contribution in [-0.2, 0) is 4.74 Å². The van der Waals surface area contributed by atoms with Crippen molar-refractivity contribution in [1.82, 2.24) is 4.99 Å². The zero-order valence-electron chi connectivity index (χ0n) is 4.18. The summed E-state index contributed by atoms with van der Waals surface area (Å²) in [6.45, 7) is 5.03. The quantitative estimate of drug-likeness (QED) is 0.442. The molecule has 0 bridgehead atoms. The van der Waals surface area contributed by atoms with Crippen molar-refractivity contribution in [1.29, 1.82) is 0 Å². The van der Waals surface area contributed by atoms with E-state index in [2.05, 4.69) is 16.4 Å².